The van der Waals surface area contributed by atoms with Crippen molar-refractivity contribution in [3.63, 3.8) is 0 Å². The highest BCUT2D eigenvalue weighted by atomic mass is 16.5. The van der Waals surface area contributed by atoms with Gasteiger partial charge in [-0.25, -0.2) is 4.68 Å². The van der Waals surface area contributed by atoms with Crippen LogP contribution in [0.15, 0.2) is 18.2 Å². The van der Waals surface area contributed by atoms with Crippen molar-refractivity contribution >= 4 is 5.82 Å². The van der Waals surface area contributed by atoms with E-state index in [4.69, 9.17) is 10.5 Å². The quantitative estimate of drug-likeness (QED) is 0.904. The van der Waals surface area contributed by atoms with Crippen LogP contribution < -0.4 is 10.5 Å². The van der Waals surface area contributed by atoms with Crippen molar-refractivity contribution in [2.45, 2.75) is 39.2 Å². The van der Waals surface area contributed by atoms with Gasteiger partial charge in [0.1, 0.15) is 5.75 Å². The topological polar surface area (TPSA) is 66.0 Å². The third kappa shape index (κ3) is 2.48. The van der Waals surface area contributed by atoms with Gasteiger partial charge in [0.2, 0.25) is 0 Å². The third-order valence-corrected chi connectivity index (χ3v) is 3.72. The molecule has 0 saturated heterocycles. The minimum absolute atomic E-state index is 0.564. The lowest BCUT2D eigenvalue weighted by Crippen LogP contribution is -2.08. The standard InChI is InChI=1S/C15H20N4O/c1-2-3-13-15(16)17-18-19(13)8-6-11-4-5-14-12(10-11)7-9-20-14/h4-5,10H,2-3,6-9,16H2,1H3. The van der Waals surface area contributed by atoms with Crippen molar-refractivity contribution < 1.29 is 4.74 Å². The van der Waals surface area contributed by atoms with Gasteiger partial charge in [-0.1, -0.05) is 30.7 Å². The minimum atomic E-state index is 0.564. The lowest BCUT2D eigenvalue weighted by molar-refractivity contribution is 0.357. The molecule has 2 N–H and O–H groups in total. The zero-order chi connectivity index (χ0) is 13.9. The van der Waals surface area contributed by atoms with Crippen LogP contribution in [0.5, 0.6) is 5.75 Å². The number of aryl methyl sites for hydroxylation is 2. The number of anilines is 1. The fourth-order valence-corrected chi connectivity index (χ4v) is 2.65. The van der Waals surface area contributed by atoms with Gasteiger partial charge in [0.05, 0.1) is 12.3 Å². The maximum atomic E-state index is 5.86. The molecule has 2 aromatic rings. The first-order valence-corrected chi connectivity index (χ1v) is 7.20. The zero-order valence-corrected chi connectivity index (χ0v) is 11.8. The van der Waals surface area contributed by atoms with Crippen LogP contribution in [0.4, 0.5) is 5.82 Å². The summed E-state index contributed by atoms with van der Waals surface area (Å²) in [6.07, 6.45) is 3.93. The first-order chi connectivity index (χ1) is 9.78. The minimum Gasteiger partial charge on any atom is -0.493 e. The summed E-state index contributed by atoms with van der Waals surface area (Å²) in [6, 6.07) is 6.44. The second kappa shape index (κ2) is 5.53. The van der Waals surface area contributed by atoms with E-state index in [2.05, 4.69) is 35.4 Å². The molecule has 5 heteroatoms. The van der Waals surface area contributed by atoms with E-state index in [-0.39, 0.29) is 0 Å². The van der Waals surface area contributed by atoms with Gasteiger partial charge < -0.3 is 10.5 Å². The molecule has 0 bridgehead atoms. The third-order valence-electron chi connectivity index (χ3n) is 3.72. The number of nitrogen functional groups attached to an aromatic ring is 1. The van der Waals surface area contributed by atoms with Gasteiger partial charge in [-0.15, -0.1) is 5.10 Å². The highest BCUT2D eigenvalue weighted by molar-refractivity contribution is 5.40. The van der Waals surface area contributed by atoms with Gasteiger partial charge in [-0.05, 0) is 30.0 Å². The van der Waals surface area contributed by atoms with E-state index in [1.165, 1.54) is 11.1 Å². The summed E-state index contributed by atoms with van der Waals surface area (Å²) in [4.78, 5) is 0. The van der Waals surface area contributed by atoms with E-state index in [9.17, 15) is 0 Å². The largest absolute Gasteiger partial charge is 0.493 e. The molecule has 3 rings (SSSR count). The van der Waals surface area contributed by atoms with Crippen molar-refractivity contribution in [3.8, 4) is 5.75 Å². The van der Waals surface area contributed by atoms with E-state index >= 15 is 0 Å². The molecule has 1 aromatic heterocycles. The van der Waals surface area contributed by atoms with Gasteiger partial charge in [-0.3, -0.25) is 0 Å². The molecule has 0 atom stereocenters. The van der Waals surface area contributed by atoms with Crippen LogP contribution in [-0.2, 0) is 25.8 Å². The summed E-state index contributed by atoms with van der Waals surface area (Å²) in [6.45, 7) is 3.76. The van der Waals surface area contributed by atoms with Gasteiger partial charge >= 0.3 is 0 Å². The predicted octanol–water partition coefficient (Wildman–Crippen LogP) is 1.99. The Hall–Kier alpha value is -2.04. The van der Waals surface area contributed by atoms with Crippen LogP contribution in [-0.4, -0.2) is 21.6 Å². The number of benzene rings is 1. The number of nitrogens with zero attached hydrogens (tertiary/aromatic N) is 3. The lowest BCUT2D eigenvalue weighted by Gasteiger charge is -2.07. The van der Waals surface area contributed by atoms with Crippen LogP contribution in [0, 0.1) is 0 Å². The maximum absolute atomic E-state index is 5.86. The number of rotatable bonds is 5. The van der Waals surface area contributed by atoms with Gasteiger partial charge in [-0.2, -0.15) is 0 Å². The summed E-state index contributed by atoms with van der Waals surface area (Å²) >= 11 is 0. The highest BCUT2D eigenvalue weighted by Gasteiger charge is 2.13. The Kier molecular flexibility index (Phi) is 3.58. The van der Waals surface area contributed by atoms with Gasteiger partial charge in [0.25, 0.3) is 0 Å². The summed E-state index contributed by atoms with van der Waals surface area (Å²) in [5.74, 6) is 1.60. The number of ether oxygens (including phenoxy) is 1. The Morgan fingerprint density at radius 1 is 1.35 bits per heavy atom. The number of fused-ring (bicyclic) bond motifs is 1. The molecule has 0 amide bonds. The van der Waals surface area contributed by atoms with Crippen LogP contribution >= 0.6 is 0 Å². The molecule has 0 aliphatic carbocycles. The SMILES string of the molecule is CCCc1c(N)nnn1CCc1ccc2c(c1)CCO2. The zero-order valence-electron chi connectivity index (χ0n) is 11.8. The molecular formula is C15H20N4O. The van der Waals surface area contributed by atoms with Crippen LogP contribution in [0.1, 0.15) is 30.2 Å². The van der Waals surface area contributed by atoms with Crippen molar-refractivity contribution in [1.82, 2.24) is 15.0 Å². The summed E-state index contributed by atoms with van der Waals surface area (Å²) in [7, 11) is 0. The summed E-state index contributed by atoms with van der Waals surface area (Å²) in [5.41, 5.74) is 9.54. The highest BCUT2D eigenvalue weighted by Crippen LogP contribution is 2.26. The van der Waals surface area contributed by atoms with E-state index in [1.54, 1.807) is 0 Å². The smallest absolute Gasteiger partial charge is 0.169 e. The van der Waals surface area contributed by atoms with Crippen LogP contribution in [0.2, 0.25) is 0 Å². The molecular weight excluding hydrogens is 252 g/mol. The first kappa shape index (κ1) is 13.0. The Bertz CT molecular complexity index is 606. The fourth-order valence-electron chi connectivity index (χ4n) is 2.65. The Morgan fingerprint density at radius 3 is 3.10 bits per heavy atom. The Labute approximate surface area is 118 Å². The molecule has 0 spiro atoms. The van der Waals surface area contributed by atoms with Crippen molar-refractivity contribution in [1.29, 1.82) is 0 Å². The average molecular weight is 272 g/mol. The molecule has 1 aliphatic heterocycles. The number of nitrogens with two attached hydrogens (primary N) is 1. The summed E-state index contributed by atoms with van der Waals surface area (Å²) < 4.78 is 7.46. The van der Waals surface area contributed by atoms with Gasteiger partial charge in [0.15, 0.2) is 5.82 Å². The molecule has 0 unspecified atom stereocenters. The maximum Gasteiger partial charge on any atom is 0.169 e. The van der Waals surface area contributed by atoms with Crippen molar-refractivity contribution in [2.24, 2.45) is 0 Å². The predicted molar refractivity (Wildman–Crippen MR) is 77.8 cm³/mol. The van der Waals surface area contributed by atoms with Gasteiger partial charge in [0, 0.05) is 13.0 Å². The molecule has 20 heavy (non-hydrogen) atoms. The number of hydrogen-bond acceptors (Lipinski definition) is 4. The Balaban J connectivity index is 1.70. The molecule has 1 aliphatic rings. The summed E-state index contributed by atoms with van der Waals surface area (Å²) in [5, 5.41) is 8.11. The second-order valence-corrected chi connectivity index (χ2v) is 5.19. The van der Waals surface area contributed by atoms with E-state index < -0.39 is 0 Å². The monoisotopic (exact) mass is 272 g/mol. The van der Waals surface area contributed by atoms with E-state index in [0.717, 1.165) is 50.3 Å². The normalized spacial score (nSPS) is 13.2. The molecule has 1 aromatic carbocycles. The molecule has 2 heterocycles. The van der Waals surface area contributed by atoms with Crippen molar-refractivity contribution in [3.05, 3.63) is 35.0 Å². The van der Waals surface area contributed by atoms with Crippen LogP contribution in [0.3, 0.4) is 0 Å². The fraction of sp³-hybridized carbons (Fsp3) is 0.467. The van der Waals surface area contributed by atoms with Crippen molar-refractivity contribution in [2.75, 3.05) is 12.3 Å². The Morgan fingerprint density at radius 2 is 2.25 bits per heavy atom. The van der Waals surface area contributed by atoms with Crippen LogP contribution in [0.25, 0.3) is 0 Å². The average Bonchev–Trinajstić information content (AvgIpc) is 3.05. The molecule has 0 fully saturated rings. The molecule has 0 saturated carbocycles. The van der Waals surface area contributed by atoms with E-state index in [1.807, 2.05) is 4.68 Å². The number of aromatic nitrogens is 3. The molecule has 0 radical (unpaired) electrons. The number of hydrogen-bond donors (Lipinski definition) is 1. The first-order valence-electron chi connectivity index (χ1n) is 7.20. The van der Waals surface area contributed by atoms with E-state index in [0.29, 0.717) is 5.82 Å². The molecule has 5 nitrogen and oxygen atoms in total. The lowest BCUT2D eigenvalue weighted by atomic mass is 10.1. The second-order valence-electron chi connectivity index (χ2n) is 5.19. The molecule has 106 valence electrons.